The molecule has 0 aliphatic heterocycles. The van der Waals surface area contributed by atoms with Gasteiger partial charge in [-0.05, 0) is 59.7 Å². The van der Waals surface area contributed by atoms with Crippen LogP contribution in [0.3, 0.4) is 0 Å². The molecule has 3 aromatic rings. The predicted octanol–water partition coefficient (Wildman–Crippen LogP) is 4.57. The van der Waals surface area contributed by atoms with Gasteiger partial charge in [0.25, 0.3) is 0 Å². The van der Waals surface area contributed by atoms with Gasteiger partial charge in [-0.15, -0.1) is 0 Å². The predicted molar refractivity (Wildman–Crippen MR) is 108 cm³/mol. The first-order valence-electron chi connectivity index (χ1n) is 8.83. The van der Waals surface area contributed by atoms with E-state index >= 15 is 0 Å². The number of methoxy groups -OCH3 is 1. The van der Waals surface area contributed by atoms with Crippen LogP contribution in [0.5, 0.6) is 11.5 Å². The van der Waals surface area contributed by atoms with Gasteiger partial charge in [0.05, 0.1) is 12.8 Å². The number of rotatable bonds is 8. The topological polar surface area (TPSA) is 57.1 Å². The summed E-state index contributed by atoms with van der Waals surface area (Å²) in [6, 6.07) is 25.0. The molecule has 0 atom stereocenters. The van der Waals surface area contributed by atoms with E-state index in [1.54, 1.807) is 18.3 Å². The molecular formula is C23H21NO4. The number of carbonyl (C=O) groups is 1. The van der Waals surface area contributed by atoms with Gasteiger partial charge < -0.3 is 14.2 Å². The molecule has 142 valence electrons. The summed E-state index contributed by atoms with van der Waals surface area (Å²) in [6.45, 7) is 0.427. The minimum atomic E-state index is -0.415. The number of hydrogen-bond acceptors (Lipinski definition) is 5. The quantitative estimate of drug-likeness (QED) is 0.428. The zero-order valence-corrected chi connectivity index (χ0v) is 15.6. The lowest BCUT2D eigenvalue weighted by Gasteiger charge is -2.06. The zero-order valence-electron chi connectivity index (χ0n) is 15.6. The number of benzene rings is 3. The summed E-state index contributed by atoms with van der Waals surface area (Å²) in [7, 11) is 1.33. The molecule has 0 aromatic heterocycles. The summed E-state index contributed by atoms with van der Waals surface area (Å²) < 4.78 is 15.6. The molecule has 3 aromatic carbocycles. The zero-order chi connectivity index (χ0) is 19.6. The lowest BCUT2D eigenvalue weighted by molar-refractivity contribution is -0.142. The van der Waals surface area contributed by atoms with E-state index in [0.29, 0.717) is 12.4 Å². The van der Waals surface area contributed by atoms with Crippen LogP contribution in [-0.4, -0.2) is 25.9 Å². The number of aliphatic imine (C=N–C) groups is 1. The second-order valence-electron chi connectivity index (χ2n) is 5.96. The highest BCUT2D eigenvalue weighted by Crippen LogP contribution is 2.19. The summed E-state index contributed by atoms with van der Waals surface area (Å²) in [5.41, 5.74) is 2.89. The molecule has 0 spiro atoms. The van der Waals surface area contributed by atoms with Crippen molar-refractivity contribution >= 4 is 17.9 Å². The summed E-state index contributed by atoms with van der Waals surface area (Å²) in [4.78, 5) is 15.5. The Morgan fingerprint density at radius 3 is 2.18 bits per heavy atom. The van der Waals surface area contributed by atoms with Crippen molar-refractivity contribution in [2.45, 2.75) is 6.61 Å². The van der Waals surface area contributed by atoms with Gasteiger partial charge in [0, 0.05) is 6.21 Å². The molecule has 0 saturated carbocycles. The molecule has 0 fully saturated rings. The van der Waals surface area contributed by atoms with Crippen molar-refractivity contribution in [1.82, 2.24) is 0 Å². The van der Waals surface area contributed by atoms with Crippen LogP contribution in [0.2, 0.25) is 0 Å². The molecule has 0 aliphatic rings. The van der Waals surface area contributed by atoms with E-state index in [2.05, 4.69) is 9.73 Å². The fourth-order valence-electron chi connectivity index (χ4n) is 2.37. The van der Waals surface area contributed by atoms with Gasteiger partial charge in [0.15, 0.2) is 6.61 Å². The first kappa shape index (κ1) is 19.2. The van der Waals surface area contributed by atoms with Crippen LogP contribution < -0.4 is 9.47 Å². The third-order valence-corrected chi connectivity index (χ3v) is 3.91. The highest BCUT2D eigenvalue weighted by Gasteiger charge is 2.01. The van der Waals surface area contributed by atoms with E-state index in [9.17, 15) is 4.79 Å². The highest BCUT2D eigenvalue weighted by molar-refractivity contribution is 5.82. The Kier molecular flexibility index (Phi) is 6.79. The van der Waals surface area contributed by atoms with E-state index < -0.39 is 5.97 Å². The van der Waals surface area contributed by atoms with Gasteiger partial charge in [0.1, 0.15) is 18.1 Å². The smallest absolute Gasteiger partial charge is 0.343 e. The first-order chi connectivity index (χ1) is 13.7. The number of hydrogen-bond donors (Lipinski definition) is 0. The fraction of sp³-hybridized carbons (Fsp3) is 0.130. The third-order valence-electron chi connectivity index (χ3n) is 3.91. The van der Waals surface area contributed by atoms with E-state index in [4.69, 9.17) is 9.47 Å². The minimum absolute atomic E-state index is 0.109. The second kappa shape index (κ2) is 9.92. The van der Waals surface area contributed by atoms with Crippen molar-refractivity contribution in [2.75, 3.05) is 13.7 Å². The second-order valence-corrected chi connectivity index (χ2v) is 5.96. The summed E-state index contributed by atoms with van der Waals surface area (Å²) in [6.07, 6.45) is 1.77. The Morgan fingerprint density at radius 1 is 0.857 bits per heavy atom. The van der Waals surface area contributed by atoms with E-state index in [1.165, 1.54) is 7.11 Å². The number of carbonyl (C=O) groups excluding carboxylic acids is 1. The summed E-state index contributed by atoms with van der Waals surface area (Å²) in [5, 5.41) is 0. The number of nitrogens with zero attached hydrogens (tertiary/aromatic N) is 1. The molecule has 28 heavy (non-hydrogen) atoms. The van der Waals surface area contributed by atoms with Crippen molar-refractivity contribution in [3.63, 3.8) is 0 Å². The molecule has 3 rings (SSSR count). The number of esters is 1. The van der Waals surface area contributed by atoms with Crippen LogP contribution in [0.15, 0.2) is 83.9 Å². The Bertz CT molecular complexity index is 904. The van der Waals surface area contributed by atoms with Crippen LogP contribution in [0.1, 0.15) is 11.1 Å². The van der Waals surface area contributed by atoms with Gasteiger partial charge in [-0.1, -0.05) is 30.3 Å². The van der Waals surface area contributed by atoms with Crippen molar-refractivity contribution < 1.29 is 19.0 Å². The Hall–Kier alpha value is -3.60. The average molecular weight is 375 g/mol. The molecule has 0 heterocycles. The summed E-state index contributed by atoms with van der Waals surface area (Å²) in [5.74, 6) is 0.985. The van der Waals surface area contributed by atoms with Crippen LogP contribution in [0, 0.1) is 0 Å². The van der Waals surface area contributed by atoms with Crippen molar-refractivity contribution in [3.8, 4) is 11.5 Å². The van der Waals surface area contributed by atoms with Gasteiger partial charge in [-0.3, -0.25) is 4.99 Å². The van der Waals surface area contributed by atoms with Crippen LogP contribution in [0.4, 0.5) is 5.69 Å². The average Bonchev–Trinajstić information content (AvgIpc) is 2.76. The van der Waals surface area contributed by atoms with Crippen molar-refractivity contribution in [2.24, 2.45) is 4.99 Å². The van der Waals surface area contributed by atoms with E-state index in [-0.39, 0.29) is 6.61 Å². The molecule has 0 unspecified atom stereocenters. The van der Waals surface area contributed by atoms with Crippen molar-refractivity contribution in [1.29, 1.82) is 0 Å². The number of ether oxygens (including phenoxy) is 3. The van der Waals surface area contributed by atoms with Crippen LogP contribution in [0.25, 0.3) is 0 Å². The van der Waals surface area contributed by atoms with Crippen molar-refractivity contribution in [3.05, 3.63) is 90.0 Å². The molecule has 0 aliphatic carbocycles. The molecule has 0 bridgehead atoms. The third kappa shape index (κ3) is 5.99. The molecular weight excluding hydrogens is 354 g/mol. The normalized spacial score (nSPS) is 10.6. The standard InChI is InChI=1S/C23H21NO4/c1-26-23(25)17-28-21-11-7-18(8-12-21)15-24-20-9-13-22(14-10-20)27-16-19-5-3-2-4-6-19/h2-15H,16-17H2,1H3. The molecule has 5 heteroatoms. The van der Waals surface area contributed by atoms with E-state index in [0.717, 1.165) is 22.6 Å². The molecule has 0 radical (unpaired) electrons. The molecule has 0 N–H and O–H groups in total. The minimum Gasteiger partial charge on any atom is -0.489 e. The fourth-order valence-corrected chi connectivity index (χ4v) is 2.37. The monoisotopic (exact) mass is 375 g/mol. The maximum atomic E-state index is 11.1. The maximum Gasteiger partial charge on any atom is 0.343 e. The van der Waals surface area contributed by atoms with Crippen LogP contribution in [-0.2, 0) is 16.1 Å². The Morgan fingerprint density at radius 2 is 1.50 bits per heavy atom. The summed E-state index contributed by atoms with van der Waals surface area (Å²) >= 11 is 0. The lowest BCUT2D eigenvalue weighted by Crippen LogP contribution is -2.12. The highest BCUT2D eigenvalue weighted by atomic mass is 16.6. The van der Waals surface area contributed by atoms with Gasteiger partial charge in [0.2, 0.25) is 0 Å². The maximum absolute atomic E-state index is 11.1. The van der Waals surface area contributed by atoms with Crippen LogP contribution >= 0.6 is 0 Å². The molecule has 0 saturated heterocycles. The lowest BCUT2D eigenvalue weighted by atomic mass is 10.2. The van der Waals surface area contributed by atoms with Gasteiger partial charge in [-0.25, -0.2) is 4.79 Å². The van der Waals surface area contributed by atoms with Gasteiger partial charge >= 0.3 is 5.97 Å². The molecule has 5 nitrogen and oxygen atoms in total. The SMILES string of the molecule is COC(=O)COc1ccc(C=Nc2ccc(OCc3ccccc3)cc2)cc1. The Labute approximate surface area is 164 Å². The first-order valence-corrected chi connectivity index (χ1v) is 8.83. The van der Waals surface area contributed by atoms with Gasteiger partial charge in [-0.2, -0.15) is 0 Å². The largest absolute Gasteiger partial charge is 0.489 e. The molecule has 0 amide bonds. The Balaban J connectivity index is 1.51. The van der Waals surface area contributed by atoms with E-state index in [1.807, 2.05) is 66.7 Å².